The number of ketones is 1. The minimum absolute atomic E-state index is 0.00444. The van der Waals surface area contributed by atoms with Gasteiger partial charge in [-0.25, -0.2) is 0 Å². The van der Waals surface area contributed by atoms with Crippen molar-refractivity contribution in [2.45, 2.75) is 70.1 Å². The largest absolute Gasteiger partial charge is 0.457 e. The number of ether oxygens (including phenoxy) is 5. The van der Waals surface area contributed by atoms with E-state index in [0.29, 0.717) is 0 Å². The zero-order valence-corrected chi connectivity index (χ0v) is 24.7. The SMILES string of the molecule is CC(=O)CCC(=O)O[C@H]1[C@H](OCc2ccccc2)[C@@H](OC(=O)Cc2ccccc2[N+](=O)[O-])C(O)O[C@@H]1COCc1ccccc1. The summed E-state index contributed by atoms with van der Waals surface area (Å²) in [5.41, 5.74) is 1.48. The zero-order chi connectivity index (χ0) is 32.2. The number of carbonyl (C=O) groups is 3. The van der Waals surface area contributed by atoms with Crippen molar-refractivity contribution in [2.24, 2.45) is 0 Å². The molecule has 1 aliphatic rings. The van der Waals surface area contributed by atoms with Crippen LogP contribution in [0.1, 0.15) is 36.5 Å². The summed E-state index contributed by atoms with van der Waals surface area (Å²) in [5, 5.41) is 22.5. The lowest BCUT2D eigenvalue weighted by Crippen LogP contribution is -2.62. The first-order valence-corrected chi connectivity index (χ1v) is 14.4. The van der Waals surface area contributed by atoms with Gasteiger partial charge in [0.2, 0.25) is 0 Å². The van der Waals surface area contributed by atoms with E-state index in [1.807, 2.05) is 36.4 Å². The van der Waals surface area contributed by atoms with E-state index in [1.165, 1.54) is 25.1 Å². The van der Waals surface area contributed by atoms with Gasteiger partial charge < -0.3 is 33.6 Å². The van der Waals surface area contributed by atoms with Crippen LogP contribution in [0, 0.1) is 10.1 Å². The Morgan fingerprint density at radius 1 is 0.800 bits per heavy atom. The number of Topliss-reactive ketones (excluding diaryl/α,β-unsaturated/α-hetero) is 1. The van der Waals surface area contributed by atoms with Crippen molar-refractivity contribution in [1.29, 1.82) is 0 Å². The number of para-hydroxylation sites is 1. The van der Waals surface area contributed by atoms with Gasteiger partial charge in [-0.3, -0.25) is 19.7 Å². The summed E-state index contributed by atoms with van der Waals surface area (Å²) in [5.74, 6) is -1.82. The van der Waals surface area contributed by atoms with E-state index in [1.54, 1.807) is 30.3 Å². The van der Waals surface area contributed by atoms with Gasteiger partial charge in [-0.05, 0) is 18.1 Å². The summed E-state index contributed by atoms with van der Waals surface area (Å²) in [7, 11) is 0. The summed E-state index contributed by atoms with van der Waals surface area (Å²) in [4.78, 5) is 48.4. The molecule has 1 N–H and O–H groups in total. The Morgan fingerprint density at radius 3 is 2.04 bits per heavy atom. The maximum absolute atomic E-state index is 13.1. The lowest BCUT2D eigenvalue weighted by Gasteiger charge is -2.43. The van der Waals surface area contributed by atoms with Gasteiger partial charge in [0.05, 0.1) is 37.6 Å². The van der Waals surface area contributed by atoms with Crippen LogP contribution in [0.3, 0.4) is 0 Å². The summed E-state index contributed by atoms with van der Waals surface area (Å²) < 4.78 is 29.2. The number of rotatable bonds is 15. The van der Waals surface area contributed by atoms with Crippen LogP contribution >= 0.6 is 0 Å². The molecular formula is C33H35NO11. The van der Waals surface area contributed by atoms with Crippen LogP contribution in [0.2, 0.25) is 0 Å². The zero-order valence-electron chi connectivity index (χ0n) is 24.7. The molecule has 0 amide bonds. The molecule has 0 aliphatic carbocycles. The van der Waals surface area contributed by atoms with Crippen LogP contribution in [0.5, 0.6) is 0 Å². The molecule has 12 heteroatoms. The van der Waals surface area contributed by atoms with Gasteiger partial charge in [0, 0.05) is 18.1 Å². The van der Waals surface area contributed by atoms with E-state index in [2.05, 4.69) is 0 Å². The maximum atomic E-state index is 13.1. The molecular weight excluding hydrogens is 586 g/mol. The molecule has 238 valence electrons. The molecule has 1 aliphatic heterocycles. The molecule has 1 fully saturated rings. The van der Waals surface area contributed by atoms with Crippen LogP contribution in [0.15, 0.2) is 84.9 Å². The smallest absolute Gasteiger partial charge is 0.311 e. The average molecular weight is 622 g/mol. The molecule has 1 heterocycles. The highest BCUT2D eigenvalue weighted by molar-refractivity contribution is 5.81. The highest BCUT2D eigenvalue weighted by atomic mass is 16.7. The first-order valence-electron chi connectivity index (χ1n) is 14.4. The average Bonchev–Trinajstić information content (AvgIpc) is 3.02. The Balaban J connectivity index is 1.58. The van der Waals surface area contributed by atoms with Crippen molar-refractivity contribution >= 4 is 23.4 Å². The highest BCUT2D eigenvalue weighted by Crippen LogP contribution is 2.30. The standard InChI is InChI=1S/C33H35NO11/c1-22(35)16-17-28(36)44-30-27(21-41-19-23-10-4-2-5-11-23)43-33(38)32(31(30)42-20-24-12-6-3-7-13-24)45-29(37)18-25-14-8-9-15-26(25)34(39)40/h2-15,27,30-33,38H,16-21H2,1H3/t27-,30-,31+,32-,33?/m1/s1. The molecule has 0 spiro atoms. The molecule has 0 saturated carbocycles. The number of hydrogen-bond acceptors (Lipinski definition) is 11. The molecule has 3 aromatic carbocycles. The van der Waals surface area contributed by atoms with Crippen molar-refractivity contribution in [3.8, 4) is 0 Å². The van der Waals surface area contributed by atoms with E-state index in [-0.39, 0.29) is 49.7 Å². The van der Waals surface area contributed by atoms with Crippen LogP contribution in [-0.4, -0.2) is 65.1 Å². The van der Waals surface area contributed by atoms with Gasteiger partial charge in [-0.15, -0.1) is 0 Å². The Kier molecular flexibility index (Phi) is 12.3. The topological polar surface area (TPSA) is 161 Å². The Morgan fingerprint density at radius 2 is 1.40 bits per heavy atom. The fraction of sp³-hybridized carbons (Fsp3) is 0.364. The molecule has 0 aromatic heterocycles. The van der Waals surface area contributed by atoms with Crippen molar-refractivity contribution < 1.29 is 48.1 Å². The second-order valence-corrected chi connectivity index (χ2v) is 10.5. The fourth-order valence-corrected chi connectivity index (χ4v) is 4.80. The molecule has 1 saturated heterocycles. The number of nitrogens with zero attached hydrogens (tertiary/aromatic N) is 1. The molecule has 0 radical (unpaired) electrons. The predicted octanol–water partition coefficient (Wildman–Crippen LogP) is 3.85. The first kappa shape index (κ1) is 33.4. The minimum Gasteiger partial charge on any atom is -0.457 e. The summed E-state index contributed by atoms with van der Waals surface area (Å²) in [6.07, 6.45) is -7.45. The third-order valence-corrected chi connectivity index (χ3v) is 7.03. The minimum atomic E-state index is -1.72. The van der Waals surface area contributed by atoms with Crippen LogP contribution in [0.25, 0.3) is 0 Å². The quantitative estimate of drug-likeness (QED) is 0.149. The van der Waals surface area contributed by atoms with Gasteiger partial charge >= 0.3 is 11.9 Å². The monoisotopic (exact) mass is 621 g/mol. The van der Waals surface area contributed by atoms with E-state index in [0.717, 1.165) is 11.1 Å². The number of nitro benzene ring substituents is 1. The van der Waals surface area contributed by atoms with Crippen molar-refractivity contribution in [2.75, 3.05) is 6.61 Å². The Bertz CT molecular complexity index is 1430. The predicted molar refractivity (Wildman–Crippen MR) is 158 cm³/mol. The first-order chi connectivity index (χ1) is 21.7. The van der Waals surface area contributed by atoms with Gasteiger partial charge in [0.25, 0.3) is 5.69 Å². The Labute approximate surface area is 260 Å². The lowest BCUT2D eigenvalue weighted by molar-refractivity contribution is -0.385. The molecule has 4 rings (SSSR count). The van der Waals surface area contributed by atoms with Crippen LogP contribution in [-0.2, 0) is 57.7 Å². The molecule has 1 unspecified atom stereocenters. The summed E-state index contributed by atoms with van der Waals surface area (Å²) >= 11 is 0. The third kappa shape index (κ3) is 10.0. The third-order valence-electron chi connectivity index (χ3n) is 7.03. The number of aliphatic hydroxyl groups excluding tert-OH is 1. The number of hydrogen-bond donors (Lipinski definition) is 1. The number of esters is 2. The second kappa shape index (κ2) is 16.5. The summed E-state index contributed by atoms with van der Waals surface area (Å²) in [6.45, 7) is 1.42. The van der Waals surface area contributed by atoms with Gasteiger partial charge in [-0.1, -0.05) is 78.9 Å². The maximum Gasteiger partial charge on any atom is 0.311 e. The van der Waals surface area contributed by atoms with E-state index < -0.39 is 54.0 Å². The van der Waals surface area contributed by atoms with E-state index in [4.69, 9.17) is 23.7 Å². The fourth-order valence-electron chi connectivity index (χ4n) is 4.80. The molecule has 12 nitrogen and oxygen atoms in total. The molecule has 45 heavy (non-hydrogen) atoms. The van der Waals surface area contributed by atoms with Crippen LogP contribution < -0.4 is 0 Å². The van der Waals surface area contributed by atoms with Crippen LogP contribution in [0.4, 0.5) is 5.69 Å². The van der Waals surface area contributed by atoms with Crippen molar-refractivity contribution in [3.63, 3.8) is 0 Å². The second-order valence-electron chi connectivity index (χ2n) is 10.5. The summed E-state index contributed by atoms with van der Waals surface area (Å²) in [6, 6.07) is 24.1. The Hall–Kier alpha value is -4.49. The highest BCUT2D eigenvalue weighted by Gasteiger charge is 2.50. The number of aliphatic hydroxyl groups is 1. The normalized spacial score (nSPS) is 21.1. The van der Waals surface area contributed by atoms with Gasteiger partial charge in [-0.2, -0.15) is 0 Å². The lowest BCUT2D eigenvalue weighted by atomic mass is 9.98. The number of carbonyl (C=O) groups excluding carboxylic acids is 3. The number of nitro groups is 1. The van der Waals surface area contributed by atoms with Crippen molar-refractivity contribution in [1.82, 2.24) is 0 Å². The van der Waals surface area contributed by atoms with Crippen molar-refractivity contribution in [3.05, 3.63) is 112 Å². The number of benzene rings is 3. The molecule has 5 atom stereocenters. The molecule has 0 bridgehead atoms. The van der Waals surface area contributed by atoms with Gasteiger partial charge in [0.15, 0.2) is 18.5 Å². The molecule has 3 aromatic rings. The van der Waals surface area contributed by atoms with E-state index >= 15 is 0 Å². The van der Waals surface area contributed by atoms with E-state index in [9.17, 15) is 29.6 Å². The van der Waals surface area contributed by atoms with Gasteiger partial charge in [0.1, 0.15) is 18.0 Å².